The molecule has 8 nitrogen and oxygen atoms in total. The number of hydrogen-bond acceptors (Lipinski definition) is 7. The number of carbonyl (C=O) groups is 1. The highest BCUT2D eigenvalue weighted by molar-refractivity contribution is 5.89. The molecule has 2 saturated heterocycles. The van der Waals surface area contributed by atoms with Crippen molar-refractivity contribution in [2.24, 2.45) is 11.7 Å². The lowest BCUT2D eigenvalue weighted by Gasteiger charge is -2.40. The summed E-state index contributed by atoms with van der Waals surface area (Å²) in [5.74, 6) is 1.63. The zero-order valence-corrected chi connectivity index (χ0v) is 20.4. The highest BCUT2D eigenvalue weighted by Crippen LogP contribution is 2.39. The van der Waals surface area contributed by atoms with Crippen LogP contribution in [0.2, 0.25) is 0 Å². The number of nitrogens with zero attached hydrogens (tertiary/aromatic N) is 4. The van der Waals surface area contributed by atoms with Crippen molar-refractivity contribution in [1.82, 2.24) is 14.9 Å². The maximum Gasteiger partial charge on any atom is 0.415 e. The first-order valence-electron chi connectivity index (χ1n) is 12.5. The lowest BCUT2D eigenvalue weighted by Crippen LogP contribution is -2.48. The van der Waals surface area contributed by atoms with Crippen LogP contribution >= 0.6 is 0 Å². The molecule has 34 heavy (non-hydrogen) atoms. The van der Waals surface area contributed by atoms with Crippen molar-refractivity contribution in [1.29, 1.82) is 0 Å². The van der Waals surface area contributed by atoms with Gasteiger partial charge in [-0.15, -0.1) is 0 Å². The van der Waals surface area contributed by atoms with Crippen LogP contribution in [0.1, 0.15) is 69.7 Å². The Balaban J connectivity index is 1.23. The van der Waals surface area contributed by atoms with Crippen LogP contribution in [0.25, 0.3) is 0 Å². The van der Waals surface area contributed by atoms with Gasteiger partial charge in [0.1, 0.15) is 12.4 Å². The average Bonchev–Trinajstić information content (AvgIpc) is 3.60. The Kier molecular flexibility index (Phi) is 6.20. The van der Waals surface area contributed by atoms with Crippen LogP contribution in [0.3, 0.4) is 0 Å². The highest BCUT2D eigenvalue weighted by Gasteiger charge is 2.44. The number of hydrogen-bond donors (Lipinski definition) is 2. The molecule has 3 fully saturated rings. The molecule has 1 amide bonds. The number of aromatic nitrogens is 2. The van der Waals surface area contributed by atoms with E-state index >= 15 is 0 Å². The van der Waals surface area contributed by atoms with E-state index in [1.807, 2.05) is 0 Å². The van der Waals surface area contributed by atoms with E-state index in [9.17, 15) is 4.79 Å². The summed E-state index contributed by atoms with van der Waals surface area (Å²) in [5.41, 5.74) is 8.74. The van der Waals surface area contributed by atoms with E-state index in [2.05, 4.69) is 65.2 Å². The summed E-state index contributed by atoms with van der Waals surface area (Å²) >= 11 is 0. The van der Waals surface area contributed by atoms with Crippen LogP contribution in [-0.4, -0.2) is 52.2 Å². The third-order valence-electron chi connectivity index (χ3n) is 7.71. The van der Waals surface area contributed by atoms with Gasteiger partial charge in [-0.25, -0.2) is 9.78 Å². The van der Waals surface area contributed by atoms with Crippen molar-refractivity contribution >= 4 is 17.9 Å². The number of piperidine rings is 1. The summed E-state index contributed by atoms with van der Waals surface area (Å²) < 4.78 is 5.30. The molecule has 2 aliphatic heterocycles. The molecule has 182 valence electrons. The van der Waals surface area contributed by atoms with Gasteiger partial charge >= 0.3 is 6.09 Å². The third kappa shape index (κ3) is 4.88. The highest BCUT2D eigenvalue weighted by atomic mass is 16.6. The number of carbonyl (C=O) groups excluding carboxylic acids is 1. The first-order valence-corrected chi connectivity index (χ1v) is 12.5. The van der Waals surface area contributed by atoms with Gasteiger partial charge in [0, 0.05) is 30.9 Å². The van der Waals surface area contributed by atoms with Gasteiger partial charge in [0.2, 0.25) is 5.95 Å². The summed E-state index contributed by atoms with van der Waals surface area (Å²) in [6, 6.07) is 11.0. The number of ether oxygens (including phenoxy) is 1. The molecule has 3 heterocycles. The number of likely N-dealkylation sites (tertiary alicyclic amines) is 1. The van der Waals surface area contributed by atoms with Gasteiger partial charge in [0.25, 0.3) is 0 Å². The maximum atomic E-state index is 12.3. The van der Waals surface area contributed by atoms with Crippen molar-refractivity contribution in [3.05, 3.63) is 47.7 Å². The summed E-state index contributed by atoms with van der Waals surface area (Å²) in [7, 11) is 0. The average molecular weight is 465 g/mol. The van der Waals surface area contributed by atoms with E-state index in [4.69, 9.17) is 10.5 Å². The topological polar surface area (TPSA) is 96.6 Å². The molecule has 3 atom stereocenters. The van der Waals surface area contributed by atoms with E-state index < -0.39 is 0 Å². The largest absolute Gasteiger partial charge is 0.447 e. The predicted molar refractivity (Wildman–Crippen MR) is 133 cm³/mol. The molecule has 1 unspecified atom stereocenters. The lowest BCUT2D eigenvalue weighted by molar-refractivity contribution is 0.132. The number of amides is 1. The number of anilines is 2. The molecule has 1 saturated carbocycles. The second kappa shape index (κ2) is 9.15. The summed E-state index contributed by atoms with van der Waals surface area (Å²) in [6.07, 6.45) is 5.73. The Morgan fingerprint density at radius 1 is 1.12 bits per heavy atom. The summed E-state index contributed by atoms with van der Waals surface area (Å²) in [4.78, 5) is 25.6. The Morgan fingerprint density at radius 2 is 1.79 bits per heavy atom. The molecule has 2 aromatic rings. The van der Waals surface area contributed by atoms with Crippen molar-refractivity contribution in [3.8, 4) is 0 Å². The molecular weight excluding hydrogens is 428 g/mol. The molecule has 0 radical (unpaired) electrons. The minimum atomic E-state index is -0.316. The molecule has 1 aliphatic carbocycles. The standard InChI is InChI=1S/C26H36N6O2/c1-17(19-4-6-20(7-5-19)18(2)31-14-11-26(3,27)12-15-31)29-24-28-13-10-23(30-24)32-22(21-8-9-21)16-34-25(32)33/h4-7,10,13,17-18,21-22H,8-9,11-12,14-16,27H2,1-3H3,(H,28,29,30)/t17-,18?,22+/m0/s1. The minimum Gasteiger partial charge on any atom is -0.447 e. The molecule has 8 heteroatoms. The number of cyclic esters (lactones) is 1. The van der Waals surface area contributed by atoms with Gasteiger partial charge in [-0.3, -0.25) is 9.80 Å². The van der Waals surface area contributed by atoms with Gasteiger partial charge in [0.05, 0.1) is 12.1 Å². The zero-order chi connectivity index (χ0) is 23.9. The van der Waals surface area contributed by atoms with Crippen molar-refractivity contribution < 1.29 is 9.53 Å². The van der Waals surface area contributed by atoms with Crippen LogP contribution in [0.15, 0.2) is 36.5 Å². The smallest absolute Gasteiger partial charge is 0.415 e. The third-order valence-corrected chi connectivity index (χ3v) is 7.71. The molecular formula is C26H36N6O2. The van der Waals surface area contributed by atoms with E-state index in [1.54, 1.807) is 17.2 Å². The van der Waals surface area contributed by atoms with Crippen LogP contribution < -0.4 is 16.0 Å². The van der Waals surface area contributed by atoms with Crippen molar-refractivity contribution in [2.45, 2.75) is 70.1 Å². The van der Waals surface area contributed by atoms with E-state index in [0.717, 1.165) is 44.3 Å². The van der Waals surface area contributed by atoms with Crippen LogP contribution in [0.4, 0.5) is 16.6 Å². The Morgan fingerprint density at radius 3 is 2.47 bits per heavy atom. The molecule has 3 N–H and O–H groups in total. The van der Waals surface area contributed by atoms with Gasteiger partial charge in [-0.05, 0) is 69.6 Å². The predicted octanol–water partition coefficient (Wildman–Crippen LogP) is 4.26. The minimum absolute atomic E-state index is 0.0253. The number of rotatable bonds is 7. The second-order valence-electron chi connectivity index (χ2n) is 10.5. The SMILES string of the molecule is CC(c1ccc([C@H](C)Nc2nccc(N3C(=O)OC[C@@H]3C3CC3)n2)cc1)N1CCC(C)(N)CC1. The summed E-state index contributed by atoms with van der Waals surface area (Å²) in [5, 5.41) is 3.39. The van der Waals surface area contributed by atoms with Gasteiger partial charge in [0.15, 0.2) is 0 Å². The van der Waals surface area contributed by atoms with Crippen LogP contribution in [-0.2, 0) is 4.74 Å². The van der Waals surface area contributed by atoms with E-state index in [0.29, 0.717) is 30.3 Å². The van der Waals surface area contributed by atoms with E-state index in [1.165, 1.54) is 5.56 Å². The van der Waals surface area contributed by atoms with Crippen molar-refractivity contribution in [3.63, 3.8) is 0 Å². The molecule has 0 spiro atoms. The Bertz CT molecular complexity index is 1010. The number of nitrogens with two attached hydrogens (primary N) is 1. The monoisotopic (exact) mass is 464 g/mol. The first kappa shape index (κ1) is 23.1. The normalized spacial score (nSPS) is 24.5. The number of nitrogens with one attached hydrogen (secondary N) is 1. The Hall–Kier alpha value is -2.71. The van der Waals surface area contributed by atoms with Crippen molar-refractivity contribution in [2.75, 3.05) is 29.9 Å². The van der Waals surface area contributed by atoms with Crippen LogP contribution in [0.5, 0.6) is 0 Å². The molecule has 1 aromatic carbocycles. The first-order chi connectivity index (χ1) is 16.3. The quantitative estimate of drug-likeness (QED) is 0.632. The fourth-order valence-corrected chi connectivity index (χ4v) is 5.05. The fourth-order valence-electron chi connectivity index (χ4n) is 5.05. The maximum absolute atomic E-state index is 12.3. The lowest BCUT2D eigenvalue weighted by atomic mass is 9.89. The second-order valence-corrected chi connectivity index (χ2v) is 10.5. The molecule has 0 bridgehead atoms. The molecule has 3 aliphatic rings. The van der Waals surface area contributed by atoms with Crippen LogP contribution in [0, 0.1) is 5.92 Å². The fraction of sp³-hybridized carbons (Fsp3) is 0.577. The van der Waals surface area contributed by atoms with Gasteiger partial charge in [-0.2, -0.15) is 4.98 Å². The summed E-state index contributed by atoms with van der Waals surface area (Å²) in [6.45, 7) is 9.04. The molecule has 5 rings (SSSR count). The Labute approximate surface area is 201 Å². The van der Waals surface area contributed by atoms with Gasteiger partial charge in [-0.1, -0.05) is 24.3 Å². The van der Waals surface area contributed by atoms with E-state index in [-0.39, 0.29) is 23.7 Å². The van der Waals surface area contributed by atoms with Gasteiger partial charge < -0.3 is 15.8 Å². The number of benzene rings is 1. The molecule has 1 aromatic heterocycles. The zero-order valence-electron chi connectivity index (χ0n) is 20.4.